The van der Waals surface area contributed by atoms with Gasteiger partial charge in [0.15, 0.2) is 6.61 Å². The van der Waals surface area contributed by atoms with Crippen LogP contribution in [0.25, 0.3) is 0 Å². The molecule has 23 heavy (non-hydrogen) atoms. The smallest absolute Gasteiger partial charge is 0.326 e. The van der Waals surface area contributed by atoms with Crippen molar-refractivity contribution in [1.29, 1.82) is 0 Å². The first-order valence-electron chi connectivity index (χ1n) is 7.10. The van der Waals surface area contributed by atoms with Crippen molar-refractivity contribution < 1.29 is 23.9 Å². The maximum Gasteiger partial charge on any atom is 0.326 e. The molecular weight excluding hydrogens is 322 g/mol. The summed E-state index contributed by atoms with van der Waals surface area (Å²) in [6.45, 7) is 0.251. The van der Waals surface area contributed by atoms with E-state index in [0.29, 0.717) is 13.1 Å². The molecule has 8 nitrogen and oxygen atoms in total. The first-order chi connectivity index (χ1) is 11.0. The molecule has 0 unspecified atom stereocenters. The molecule has 1 fully saturated rings. The lowest BCUT2D eigenvalue weighted by atomic mass is 10.1. The highest BCUT2D eigenvalue weighted by Gasteiger charge is 2.29. The number of ether oxygens (including phenoxy) is 1. The van der Waals surface area contributed by atoms with Gasteiger partial charge in [-0.2, -0.15) is 0 Å². The van der Waals surface area contributed by atoms with E-state index in [1.807, 2.05) is 11.4 Å². The lowest BCUT2D eigenvalue weighted by Gasteiger charge is -2.26. The first kappa shape index (κ1) is 15.5. The van der Waals surface area contributed by atoms with Crippen LogP contribution >= 0.6 is 11.3 Å². The second-order valence-electron chi connectivity index (χ2n) is 5.30. The molecule has 1 saturated heterocycles. The molecular formula is C14H15N3O5S. The molecule has 0 aromatic carbocycles. The van der Waals surface area contributed by atoms with Crippen LogP contribution in [0, 0.1) is 0 Å². The summed E-state index contributed by atoms with van der Waals surface area (Å²) in [4.78, 5) is 50.1. The number of esters is 1. The second kappa shape index (κ2) is 6.37. The zero-order valence-electron chi connectivity index (χ0n) is 12.2. The lowest BCUT2D eigenvalue weighted by Crippen LogP contribution is -2.39. The third-order valence-corrected chi connectivity index (χ3v) is 4.73. The number of carbonyl (C=O) groups is 4. The van der Waals surface area contributed by atoms with Crippen molar-refractivity contribution in [3.8, 4) is 0 Å². The number of thiophene rings is 1. The summed E-state index contributed by atoms with van der Waals surface area (Å²) in [5.74, 6) is -1.44. The van der Waals surface area contributed by atoms with Gasteiger partial charge in [-0.05, 0) is 23.4 Å². The van der Waals surface area contributed by atoms with Gasteiger partial charge in [0.05, 0.1) is 0 Å². The highest BCUT2D eigenvalue weighted by molar-refractivity contribution is 7.10. The fourth-order valence-corrected chi connectivity index (χ4v) is 3.40. The molecule has 0 atom stereocenters. The van der Waals surface area contributed by atoms with Crippen molar-refractivity contribution >= 4 is 35.2 Å². The molecule has 2 aliphatic rings. The Bertz CT molecular complexity index is 671. The molecule has 4 amide bonds. The quantitative estimate of drug-likeness (QED) is 0.603. The van der Waals surface area contributed by atoms with Crippen molar-refractivity contribution in [3.05, 3.63) is 21.9 Å². The normalized spacial score (nSPS) is 17.0. The van der Waals surface area contributed by atoms with Crippen LogP contribution in [0.2, 0.25) is 0 Å². The highest BCUT2D eigenvalue weighted by atomic mass is 32.1. The minimum absolute atomic E-state index is 0.172. The number of fused-ring (bicyclic) bond motifs is 1. The Morgan fingerprint density at radius 1 is 1.30 bits per heavy atom. The number of imide groups is 1. The zero-order chi connectivity index (χ0) is 16.4. The number of hydrogen-bond donors (Lipinski definition) is 1. The second-order valence-corrected chi connectivity index (χ2v) is 6.31. The number of carbonyl (C=O) groups excluding carboxylic acids is 4. The number of hydrogen-bond acceptors (Lipinski definition) is 6. The predicted octanol–water partition coefficient (Wildman–Crippen LogP) is -0.272. The standard InChI is InChI=1S/C14H15N3O5S/c18-11-6-17(14(21)15-11)7-13(20)22-8-12(19)16-3-1-10-9(5-16)2-4-23-10/h2,4H,1,3,5-8H2,(H,15,18,21). The Morgan fingerprint density at radius 3 is 2.87 bits per heavy atom. The molecule has 0 spiro atoms. The summed E-state index contributed by atoms with van der Waals surface area (Å²) in [5.41, 5.74) is 1.13. The summed E-state index contributed by atoms with van der Waals surface area (Å²) in [6, 6.07) is 1.37. The van der Waals surface area contributed by atoms with Crippen LogP contribution in [0.3, 0.4) is 0 Å². The van der Waals surface area contributed by atoms with Crippen LogP contribution < -0.4 is 5.32 Å². The van der Waals surface area contributed by atoms with Crippen LogP contribution in [0.1, 0.15) is 10.4 Å². The van der Waals surface area contributed by atoms with Crippen molar-refractivity contribution in [1.82, 2.24) is 15.1 Å². The van der Waals surface area contributed by atoms with Gasteiger partial charge in [0.1, 0.15) is 13.1 Å². The van der Waals surface area contributed by atoms with E-state index in [4.69, 9.17) is 4.74 Å². The van der Waals surface area contributed by atoms with E-state index in [1.165, 1.54) is 4.88 Å². The summed E-state index contributed by atoms with van der Waals surface area (Å²) < 4.78 is 4.91. The van der Waals surface area contributed by atoms with Crippen molar-refractivity contribution in [3.63, 3.8) is 0 Å². The van der Waals surface area contributed by atoms with Gasteiger partial charge in [0.2, 0.25) is 5.91 Å². The average molecular weight is 337 g/mol. The van der Waals surface area contributed by atoms with E-state index in [1.54, 1.807) is 16.2 Å². The van der Waals surface area contributed by atoms with Gasteiger partial charge in [-0.3, -0.25) is 19.7 Å². The Morgan fingerprint density at radius 2 is 2.13 bits per heavy atom. The Balaban J connectivity index is 1.45. The van der Waals surface area contributed by atoms with Crippen LogP contribution in [-0.2, 0) is 32.1 Å². The third-order valence-electron chi connectivity index (χ3n) is 3.70. The lowest BCUT2D eigenvalue weighted by molar-refractivity contribution is -0.152. The molecule has 0 bridgehead atoms. The number of urea groups is 1. The molecule has 1 N–H and O–H groups in total. The van der Waals surface area contributed by atoms with E-state index < -0.39 is 17.9 Å². The van der Waals surface area contributed by atoms with Crippen molar-refractivity contribution in [2.75, 3.05) is 26.2 Å². The van der Waals surface area contributed by atoms with Gasteiger partial charge in [-0.25, -0.2) is 4.79 Å². The summed E-state index contributed by atoms with van der Waals surface area (Å²) >= 11 is 1.68. The molecule has 3 heterocycles. The number of nitrogens with one attached hydrogen (secondary N) is 1. The molecule has 0 aliphatic carbocycles. The molecule has 122 valence electrons. The fraction of sp³-hybridized carbons (Fsp3) is 0.429. The van der Waals surface area contributed by atoms with Gasteiger partial charge in [-0.1, -0.05) is 0 Å². The summed E-state index contributed by atoms with van der Waals surface area (Å²) in [5, 5.41) is 4.06. The van der Waals surface area contributed by atoms with Gasteiger partial charge in [0.25, 0.3) is 5.91 Å². The highest BCUT2D eigenvalue weighted by Crippen LogP contribution is 2.23. The molecule has 3 rings (SSSR count). The zero-order valence-corrected chi connectivity index (χ0v) is 13.1. The van der Waals surface area contributed by atoms with E-state index >= 15 is 0 Å². The Labute approximate surface area is 136 Å². The predicted molar refractivity (Wildman–Crippen MR) is 79.5 cm³/mol. The average Bonchev–Trinajstić information content (AvgIpc) is 3.10. The number of amides is 4. The van der Waals surface area contributed by atoms with E-state index in [2.05, 4.69) is 5.32 Å². The fourth-order valence-electron chi connectivity index (χ4n) is 2.51. The van der Waals surface area contributed by atoms with Crippen LogP contribution in [-0.4, -0.2) is 59.9 Å². The number of nitrogens with zero attached hydrogens (tertiary/aromatic N) is 2. The Kier molecular flexibility index (Phi) is 4.28. The minimum atomic E-state index is -0.712. The number of rotatable bonds is 4. The van der Waals surface area contributed by atoms with Crippen molar-refractivity contribution in [2.24, 2.45) is 0 Å². The summed E-state index contributed by atoms with van der Waals surface area (Å²) in [6.07, 6.45) is 0.808. The molecule has 2 aliphatic heterocycles. The van der Waals surface area contributed by atoms with E-state index in [-0.39, 0.29) is 25.6 Å². The van der Waals surface area contributed by atoms with E-state index in [0.717, 1.165) is 16.9 Å². The molecule has 1 aromatic rings. The Hall–Kier alpha value is -2.42. The molecule has 9 heteroatoms. The molecule has 0 saturated carbocycles. The topological polar surface area (TPSA) is 96.0 Å². The molecule has 1 aromatic heterocycles. The van der Waals surface area contributed by atoms with Crippen LogP contribution in [0.15, 0.2) is 11.4 Å². The maximum atomic E-state index is 12.1. The van der Waals surface area contributed by atoms with Crippen LogP contribution in [0.4, 0.5) is 4.79 Å². The first-order valence-corrected chi connectivity index (χ1v) is 7.98. The molecule has 0 radical (unpaired) electrons. The maximum absolute atomic E-state index is 12.1. The van der Waals surface area contributed by atoms with E-state index in [9.17, 15) is 19.2 Å². The van der Waals surface area contributed by atoms with Crippen LogP contribution in [0.5, 0.6) is 0 Å². The SMILES string of the molecule is O=C1CN(CC(=O)OCC(=O)N2CCc3sccc3C2)C(=O)N1. The van der Waals surface area contributed by atoms with Crippen molar-refractivity contribution in [2.45, 2.75) is 13.0 Å². The van der Waals surface area contributed by atoms with Gasteiger partial charge in [0, 0.05) is 18.0 Å². The minimum Gasteiger partial charge on any atom is -0.454 e. The van der Waals surface area contributed by atoms with Gasteiger partial charge < -0.3 is 14.5 Å². The monoisotopic (exact) mass is 337 g/mol. The summed E-state index contributed by atoms with van der Waals surface area (Å²) in [7, 11) is 0. The third kappa shape index (κ3) is 3.50. The van der Waals surface area contributed by atoms with Gasteiger partial charge in [-0.15, -0.1) is 11.3 Å². The van der Waals surface area contributed by atoms with Gasteiger partial charge >= 0.3 is 12.0 Å². The largest absolute Gasteiger partial charge is 0.454 e.